The van der Waals surface area contributed by atoms with Crippen LogP contribution in [-0.2, 0) is 0 Å². The monoisotopic (exact) mass is 268 g/mol. The molecule has 0 aliphatic heterocycles. The zero-order chi connectivity index (χ0) is 13.8. The topological polar surface area (TPSA) is 52.9 Å². The van der Waals surface area contributed by atoms with Crippen molar-refractivity contribution in [2.75, 3.05) is 0 Å². The van der Waals surface area contributed by atoms with Gasteiger partial charge in [-0.3, -0.25) is 4.79 Å². The van der Waals surface area contributed by atoms with Gasteiger partial charge in [-0.05, 0) is 31.0 Å². The second-order valence-corrected chi connectivity index (χ2v) is 4.42. The number of carbonyl (C=O) groups is 1. The van der Waals surface area contributed by atoms with E-state index in [1.54, 1.807) is 13.8 Å². The first-order valence-electron chi connectivity index (χ1n) is 5.67. The quantitative estimate of drug-likeness (QED) is 0.911. The molecule has 0 heterocycles. The highest BCUT2D eigenvalue weighted by atomic mass is 35.5. The van der Waals surface area contributed by atoms with Gasteiger partial charge in [-0.15, -0.1) is 0 Å². The molecular formula is C13H14ClFN2O. The molecule has 1 N–H and O–H groups in total. The van der Waals surface area contributed by atoms with E-state index >= 15 is 0 Å². The van der Waals surface area contributed by atoms with Crippen molar-refractivity contribution in [2.24, 2.45) is 0 Å². The third-order valence-corrected chi connectivity index (χ3v) is 3.18. The normalized spacial score (nSPS) is 10.8. The number of benzene rings is 1. The van der Waals surface area contributed by atoms with E-state index in [0.717, 1.165) is 6.07 Å². The van der Waals surface area contributed by atoms with Crippen molar-refractivity contribution in [3.63, 3.8) is 0 Å². The molecule has 5 heteroatoms. The van der Waals surface area contributed by atoms with E-state index in [-0.39, 0.29) is 10.6 Å². The van der Waals surface area contributed by atoms with Gasteiger partial charge in [0.05, 0.1) is 11.6 Å². The molecule has 1 rings (SSSR count). The Hall–Kier alpha value is -1.60. The lowest BCUT2D eigenvalue weighted by molar-refractivity contribution is 0.0911. The van der Waals surface area contributed by atoms with E-state index in [1.807, 2.05) is 0 Å². The Morgan fingerprint density at radius 3 is 2.56 bits per heavy atom. The van der Waals surface area contributed by atoms with Crippen molar-refractivity contribution in [1.82, 2.24) is 5.32 Å². The van der Waals surface area contributed by atoms with Crippen molar-refractivity contribution in [1.29, 1.82) is 5.26 Å². The predicted octanol–water partition coefficient (Wildman–Crippen LogP) is 3.29. The molecule has 1 amide bonds. The first-order chi connectivity index (χ1) is 8.48. The Labute approximate surface area is 111 Å². The Morgan fingerprint density at radius 2 is 2.11 bits per heavy atom. The molecule has 0 aliphatic rings. The van der Waals surface area contributed by atoms with Crippen LogP contribution >= 0.6 is 11.6 Å². The average Bonchev–Trinajstić information content (AvgIpc) is 2.36. The van der Waals surface area contributed by atoms with Crippen LogP contribution in [0.2, 0.25) is 5.02 Å². The number of nitrogens with zero attached hydrogens (tertiary/aromatic N) is 1. The molecule has 1 aromatic carbocycles. The second kappa shape index (κ2) is 5.83. The van der Waals surface area contributed by atoms with Gasteiger partial charge in [0.15, 0.2) is 0 Å². The number of hydrogen-bond donors (Lipinski definition) is 1. The smallest absolute Gasteiger partial charge is 0.255 e. The summed E-state index contributed by atoms with van der Waals surface area (Å²) < 4.78 is 13.6. The molecule has 96 valence electrons. The van der Waals surface area contributed by atoms with Gasteiger partial charge in [-0.1, -0.05) is 25.4 Å². The Bertz CT molecular complexity index is 492. The fourth-order valence-corrected chi connectivity index (χ4v) is 1.73. The molecule has 0 fully saturated rings. The van der Waals surface area contributed by atoms with Crippen LogP contribution in [0.4, 0.5) is 4.39 Å². The van der Waals surface area contributed by atoms with Crippen LogP contribution in [0.15, 0.2) is 18.2 Å². The number of halogens is 2. The molecule has 0 saturated heterocycles. The highest BCUT2D eigenvalue weighted by Crippen LogP contribution is 2.18. The summed E-state index contributed by atoms with van der Waals surface area (Å²) in [5.41, 5.74) is -1.07. The van der Waals surface area contributed by atoms with Gasteiger partial charge in [-0.2, -0.15) is 5.26 Å². The lowest BCUT2D eigenvalue weighted by Crippen LogP contribution is -2.46. The summed E-state index contributed by atoms with van der Waals surface area (Å²) in [5.74, 6) is -1.30. The minimum absolute atomic E-state index is 0.110. The molecule has 0 aromatic heterocycles. The SMILES string of the molecule is CCC(C#N)(CC)NC(=O)c1ccc(Cl)cc1F. The summed E-state index contributed by atoms with van der Waals surface area (Å²) in [4.78, 5) is 11.9. The lowest BCUT2D eigenvalue weighted by atomic mass is 9.94. The van der Waals surface area contributed by atoms with Crippen molar-refractivity contribution < 1.29 is 9.18 Å². The van der Waals surface area contributed by atoms with E-state index in [0.29, 0.717) is 12.8 Å². The number of nitriles is 1. The fourth-order valence-electron chi connectivity index (χ4n) is 1.57. The van der Waals surface area contributed by atoms with Crippen LogP contribution in [0.5, 0.6) is 0 Å². The average molecular weight is 269 g/mol. The van der Waals surface area contributed by atoms with Gasteiger partial charge >= 0.3 is 0 Å². The highest BCUT2D eigenvalue weighted by molar-refractivity contribution is 6.30. The molecule has 0 bridgehead atoms. The zero-order valence-corrected chi connectivity index (χ0v) is 11.0. The molecule has 0 radical (unpaired) electrons. The van der Waals surface area contributed by atoms with Crippen LogP contribution in [0, 0.1) is 17.1 Å². The summed E-state index contributed by atoms with van der Waals surface area (Å²) in [6.45, 7) is 3.59. The van der Waals surface area contributed by atoms with Crippen LogP contribution in [0.3, 0.4) is 0 Å². The molecule has 1 aromatic rings. The van der Waals surface area contributed by atoms with Gasteiger partial charge in [0.2, 0.25) is 0 Å². The maximum Gasteiger partial charge on any atom is 0.255 e. The summed E-state index contributed by atoms with van der Waals surface area (Å²) in [7, 11) is 0. The van der Waals surface area contributed by atoms with Crippen molar-refractivity contribution in [2.45, 2.75) is 32.2 Å². The Kier molecular flexibility index (Phi) is 4.69. The largest absolute Gasteiger partial charge is 0.334 e. The van der Waals surface area contributed by atoms with E-state index in [2.05, 4.69) is 11.4 Å². The van der Waals surface area contributed by atoms with Gasteiger partial charge in [0.1, 0.15) is 11.4 Å². The summed E-state index contributed by atoms with van der Waals surface area (Å²) in [6, 6.07) is 5.88. The zero-order valence-electron chi connectivity index (χ0n) is 10.3. The van der Waals surface area contributed by atoms with E-state index < -0.39 is 17.3 Å². The first-order valence-corrected chi connectivity index (χ1v) is 6.04. The van der Waals surface area contributed by atoms with E-state index in [9.17, 15) is 9.18 Å². The molecule has 0 atom stereocenters. The molecule has 3 nitrogen and oxygen atoms in total. The molecule has 0 saturated carbocycles. The predicted molar refractivity (Wildman–Crippen MR) is 67.8 cm³/mol. The van der Waals surface area contributed by atoms with E-state index in [4.69, 9.17) is 16.9 Å². The Balaban J connectivity index is 2.99. The molecule has 18 heavy (non-hydrogen) atoms. The molecule has 0 aliphatic carbocycles. The second-order valence-electron chi connectivity index (χ2n) is 3.98. The third kappa shape index (κ3) is 2.99. The number of carbonyl (C=O) groups excluding carboxylic acids is 1. The first kappa shape index (κ1) is 14.5. The highest BCUT2D eigenvalue weighted by Gasteiger charge is 2.29. The van der Waals surface area contributed by atoms with Crippen LogP contribution in [-0.4, -0.2) is 11.4 Å². The van der Waals surface area contributed by atoms with Crippen molar-refractivity contribution in [3.8, 4) is 6.07 Å². The summed E-state index contributed by atoms with van der Waals surface area (Å²) in [5, 5.41) is 11.9. The number of hydrogen-bond acceptors (Lipinski definition) is 2. The maximum atomic E-state index is 13.6. The van der Waals surface area contributed by atoms with E-state index in [1.165, 1.54) is 12.1 Å². The fraction of sp³-hybridized carbons (Fsp3) is 0.385. The number of nitrogens with one attached hydrogen (secondary N) is 1. The number of amides is 1. The Morgan fingerprint density at radius 1 is 1.50 bits per heavy atom. The van der Waals surface area contributed by atoms with Crippen LogP contribution in [0.1, 0.15) is 37.0 Å². The molecule has 0 spiro atoms. The van der Waals surface area contributed by atoms with Crippen LogP contribution in [0.25, 0.3) is 0 Å². The van der Waals surface area contributed by atoms with Gasteiger partial charge in [-0.25, -0.2) is 4.39 Å². The molecular weight excluding hydrogens is 255 g/mol. The summed E-state index contributed by atoms with van der Waals surface area (Å²) in [6.07, 6.45) is 0.919. The standard InChI is InChI=1S/C13H14ClFN2O/c1-3-13(4-2,8-16)17-12(18)10-6-5-9(14)7-11(10)15/h5-7H,3-4H2,1-2H3,(H,17,18). The van der Waals surface area contributed by atoms with Crippen molar-refractivity contribution >= 4 is 17.5 Å². The molecule has 0 unspecified atom stereocenters. The third-order valence-electron chi connectivity index (χ3n) is 2.95. The number of rotatable bonds is 4. The minimum atomic E-state index is -0.955. The lowest BCUT2D eigenvalue weighted by Gasteiger charge is -2.24. The summed E-state index contributed by atoms with van der Waals surface area (Å²) >= 11 is 5.61. The van der Waals surface area contributed by atoms with Gasteiger partial charge < -0.3 is 5.32 Å². The maximum absolute atomic E-state index is 13.6. The minimum Gasteiger partial charge on any atom is -0.334 e. The van der Waals surface area contributed by atoms with Crippen molar-refractivity contribution in [3.05, 3.63) is 34.6 Å². The van der Waals surface area contributed by atoms with Gasteiger partial charge in [0, 0.05) is 5.02 Å². The van der Waals surface area contributed by atoms with Gasteiger partial charge in [0.25, 0.3) is 5.91 Å². The van der Waals surface area contributed by atoms with Crippen LogP contribution < -0.4 is 5.32 Å².